The summed E-state index contributed by atoms with van der Waals surface area (Å²) in [5.74, 6) is 0.340. The van der Waals surface area contributed by atoms with Gasteiger partial charge in [0.2, 0.25) is 5.91 Å². The first-order chi connectivity index (χ1) is 11.6. The maximum Gasteiger partial charge on any atom is 0.221 e. The van der Waals surface area contributed by atoms with Gasteiger partial charge in [0.05, 0.1) is 6.04 Å². The van der Waals surface area contributed by atoms with Crippen LogP contribution in [0, 0.1) is 5.92 Å². The Bertz CT molecular complexity index is 693. The molecule has 1 unspecified atom stereocenters. The van der Waals surface area contributed by atoms with Crippen LogP contribution in [0.1, 0.15) is 42.9 Å². The minimum Gasteiger partial charge on any atom is -0.345 e. The van der Waals surface area contributed by atoms with E-state index in [1.165, 1.54) is 0 Å². The van der Waals surface area contributed by atoms with Gasteiger partial charge in [-0.05, 0) is 42.0 Å². The summed E-state index contributed by atoms with van der Waals surface area (Å²) in [5, 5.41) is 3.84. The minimum absolute atomic E-state index is 0. The molecule has 0 aliphatic heterocycles. The number of hydrogen-bond donors (Lipinski definition) is 2. The summed E-state index contributed by atoms with van der Waals surface area (Å²) in [6.07, 6.45) is 3.68. The van der Waals surface area contributed by atoms with Crippen molar-refractivity contribution in [3.8, 4) is 0 Å². The molecule has 25 heavy (non-hydrogen) atoms. The third-order valence-electron chi connectivity index (χ3n) is 4.79. The lowest BCUT2D eigenvalue weighted by Crippen LogP contribution is -2.34. The summed E-state index contributed by atoms with van der Waals surface area (Å²) in [4.78, 5) is 12.6. The normalized spacial score (nSPS) is 20.6. The van der Waals surface area contributed by atoms with Crippen molar-refractivity contribution in [1.29, 1.82) is 0 Å². The molecule has 3 atom stereocenters. The second-order valence-electron chi connectivity index (χ2n) is 6.53. The zero-order valence-corrected chi connectivity index (χ0v) is 15.6. The quantitative estimate of drug-likeness (QED) is 0.805. The van der Waals surface area contributed by atoms with E-state index in [0.717, 1.165) is 30.4 Å². The third kappa shape index (κ3) is 5.21. The van der Waals surface area contributed by atoms with Gasteiger partial charge in [0.25, 0.3) is 0 Å². The molecule has 2 aromatic rings. The van der Waals surface area contributed by atoms with Crippen LogP contribution in [0.5, 0.6) is 0 Å². The Kier molecular flexibility index (Phi) is 7.30. The number of nitrogens with one attached hydrogen (secondary N) is 1. The first kappa shape index (κ1) is 19.8. The highest BCUT2D eigenvalue weighted by molar-refractivity contribution is 6.30. The van der Waals surface area contributed by atoms with Gasteiger partial charge in [0, 0.05) is 17.5 Å². The summed E-state index contributed by atoms with van der Waals surface area (Å²) < 4.78 is 0. The van der Waals surface area contributed by atoms with Crippen LogP contribution in [0.4, 0.5) is 0 Å². The highest BCUT2D eigenvalue weighted by Crippen LogP contribution is 2.28. The predicted molar refractivity (Wildman–Crippen MR) is 105 cm³/mol. The van der Waals surface area contributed by atoms with Gasteiger partial charge >= 0.3 is 0 Å². The lowest BCUT2D eigenvalue weighted by Gasteiger charge is -2.22. The summed E-state index contributed by atoms with van der Waals surface area (Å²) in [5.41, 5.74) is 8.13. The Hall–Kier alpha value is -1.55. The van der Waals surface area contributed by atoms with Crippen molar-refractivity contribution < 1.29 is 4.79 Å². The van der Waals surface area contributed by atoms with Gasteiger partial charge in [0.15, 0.2) is 0 Å². The number of benzene rings is 2. The van der Waals surface area contributed by atoms with Crippen molar-refractivity contribution in [2.75, 3.05) is 0 Å². The summed E-state index contributed by atoms with van der Waals surface area (Å²) in [7, 11) is 0. The third-order valence-corrected chi connectivity index (χ3v) is 5.02. The molecule has 1 fully saturated rings. The topological polar surface area (TPSA) is 55.1 Å². The van der Waals surface area contributed by atoms with Crippen LogP contribution in [0.3, 0.4) is 0 Å². The number of carbonyl (C=O) groups excluding carboxylic acids is 1. The molecule has 1 amide bonds. The SMILES string of the molecule is Cl.N[C@@H]1CCC[C@H]1CC(=O)NC(c1ccccc1)c1cccc(Cl)c1. The molecule has 3 nitrogen and oxygen atoms in total. The molecule has 2 aromatic carbocycles. The molecule has 0 saturated heterocycles. The van der Waals surface area contributed by atoms with Crippen LogP contribution < -0.4 is 11.1 Å². The van der Waals surface area contributed by atoms with E-state index in [2.05, 4.69) is 5.32 Å². The molecule has 0 radical (unpaired) electrons. The smallest absolute Gasteiger partial charge is 0.221 e. The van der Waals surface area contributed by atoms with Gasteiger partial charge in [-0.3, -0.25) is 4.79 Å². The summed E-state index contributed by atoms with van der Waals surface area (Å²) in [6, 6.07) is 17.6. The van der Waals surface area contributed by atoms with Crippen LogP contribution in [0.15, 0.2) is 54.6 Å². The molecule has 1 aliphatic carbocycles. The van der Waals surface area contributed by atoms with Gasteiger partial charge in [-0.2, -0.15) is 0 Å². The first-order valence-electron chi connectivity index (χ1n) is 8.49. The van der Waals surface area contributed by atoms with Crippen LogP contribution in [0.25, 0.3) is 0 Å². The molecule has 0 bridgehead atoms. The van der Waals surface area contributed by atoms with Crippen molar-refractivity contribution in [3.05, 3.63) is 70.7 Å². The maximum atomic E-state index is 12.6. The fourth-order valence-electron chi connectivity index (χ4n) is 3.47. The van der Waals surface area contributed by atoms with Gasteiger partial charge in [-0.25, -0.2) is 0 Å². The molecule has 1 saturated carbocycles. The summed E-state index contributed by atoms with van der Waals surface area (Å²) >= 11 is 6.14. The van der Waals surface area contributed by atoms with E-state index in [1.54, 1.807) is 0 Å². The van der Waals surface area contributed by atoms with E-state index in [1.807, 2.05) is 54.6 Å². The predicted octanol–water partition coefficient (Wildman–Crippen LogP) is 4.48. The molecule has 134 valence electrons. The van der Waals surface area contributed by atoms with Gasteiger partial charge in [-0.15, -0.1) is 12.4 Å². The first-order valence-corrected chi connectivity index (χ1v) is 8.86. The Labute approximate surface area is 160 Å². The molecule has 0 heterocycles. The maximum absolute atomic E-state index is 12.6. The van der Waals surface area contributed by atoms with Gasteiger partial charge < -0.3 is 11.1 Å². The van der Waals surface area contributed by atoms with Crippen LogP contribution in [-0.4, -0.2) is 11.9 Å². The number of rotatable bonds is 5. The van der Waals surface area contributed by atoms with E-state index in [-0.39, 0.29) is 30.4 Å². The second-order valence-corrected chi connectivity index (χ2v) is 6.96. The number of hydrogen-bond acceptors (Lipinski definition) is 2. The Morgan fingerprint density at radius 3 is 2.48 bits per heavy atom. The molecule has 0 spiro atoms. The lowest BCUT2D eigenvalue weighted by atomic mass is 9.96. The van der Waals surface area contributed by atoms with Crippen molar-refractivity contribution in [2.24, 2.45) is 11.7 Å². The highest BCUT2D eigenvalue weighted by atomic mass is 35.5. The molecule has 1 aliphatic rings. The Balaban J connectivity index is 0.00000225. The standard InChI is InChI=1S/C20H23ClN2O.ClH/c21-17-10-4-9-16(12-17)20(14-6-2-1-3-7-14)23-19(24)13-15-8-5-11-18(15)22;/h1-4,6-7,9-10,12,15,18,20H,5,8,11,13,22H2,(H,23,24);1H/t15-,18+,20?;/m0./s1. The zero-order valence-electron chi connectivity index (χ0n) is 14.0. The number of amides is 1. The van der Waals surface area contributed by atoms with Crippen molar-refractivity contribution in [2.45, 2.75) is 37.8 Å². The summed E-state index contributed by atoms with van der Waals surface area (Å²) in [6.45, 7) is 0. The monoisotopic (exact) mass is 378 g/mol. The fourth-order valence-corrected chi connectivity index (χ4v) is 3.67. The minimum atomic E-state index is -0.199. The lowest BCUT2D eigenvalue weighted by molar-refractivity contribution is -0.122. The number of carbonyl (C=O) groups is 1. The number of halogens is 2. The van der Waals surface area contributed by atoms with E-state index in [4.69, 9.17) is 17.3 Å². The van der Waals surface area contributed by atoms with Gasteiger partial charge in [-0.1, -0.05) is 60.5 Å². The fraction of sp³-hybridized carbons (Fsp3) is 0.350. The number of nitrogens with two attached hydrogens (primary N) is 1. The molecular weight excluding hydrogens is 355 g/mol. The van der Waals surface area contributed by atoms with Crippen molar-refractivity contribution >= 4 is 29.9 Å². The second kappa shape index (κ2) is 9.23. The average Bonchev–Trinajstić information content (AvgIpc) is 2.98. The van der Waals surface area contributed by atoms with E-state index >= 15 is 0 Å². The molecular formula is C20H24Cl2N2O. The largest absolute Gasteiger partial charge is 0.345 e. The average molecular weight is 379 g/mol. The van der Waals surface area contributed by atoms with Crippen LogP contribution in [0.2, 0.25) is 5.02 Å². The molecule has 0 aromatic heterocycles. The van der Waals surface area contributed by atoms with E-state index in [9.17, 15) is 4.79 Å². The van der Waals surface area contributed by atoms with Crippen LogP contribution >= 0.6 is 24.0 Å². The Morgan fingerprint density at radius 2 is 1.84 bits per heavy atom. The van der Waals surface area contributed by atoms with Crippen molar-refractivity contribution in [1.82, 2.24) is 5.32 Å². The molecule has 3 rings (SSSR count). The molecule has 3 N–H and O–H groups in total. The molecule has 5 heteroatoms. The Morgan fingerprint density at radius 1 is 1.12 bits per heavy atom. The van der Waals surface area contributed by atoms with Crippen molar-refractivity contribution in [3.63, 3.8) is 0 Å². The van der Waals surface area contributed by atoms with E-state index in [0.29, 0.717) is 17.4 Å². The van der Waals surface area contributed by atoms with Gasteiger partial charge in [0.1, 0.15) is 0 Å². The van der Waals surface area contributed by atoms with Crippen LogP contribution in [-0.2, 0) is 4.79 Å². The zero-order chi connectivity index (χ0) is 16.9. The highest BCUT2D eigenvalue weighted by Gasteiger charge is 2.27. The van der Waals surface area contributed by atoms with E-state index < -0.39 is 0 Å².